The molecule has 0 radical (unpaired) electrons. The first-order valence-electron chi connectivity index (χ1n) is 5.56. The quantitative estimate of drug-likeness (QED) is 0.928. The highest BCUT2D eigenvalue weighted by Gasteiger charge is 2.33. The van der Waals surface area contributed by atoms with E-state index < -0.39 is 34.3 Å². The highest BCUT2D eigenvalue weighted by atomic mass is 32.2. The van der Waals surface area contributed by atoms with E-state index in [-0.39, 0.29) is 4.90 Å². The lowest BCUT2D eigenvalue weighted by atomic mass is 10.1. The SMILES string of the molecule is Cc1ccc(S(=O)(=O)CC(O)CC(F)(F)F)cc1C. The highest BCUT2D eigenvalue weighted by Crippen LogP contribution is 2.24. The molecule has 7 heteroatoms. The van der Waals surface area contributed by atoms with Gasteiger partial charge in [0.25, 0.3) is 0 Å². The summed E-state index contributed by atoms with van der Waals surface area (Å²) in [4.78, 5) is -0.0724. The molecule has 0 aliphatic carbocycles. The summed E-state index contributed by atoms with van der Waals surface area (Å²) in [6.45, 7) is 3.50. The zero-order valence-electron chi connectivity index (χ0n) is 10.5. The number of halogens is 3. The molecule has 0 spiro atoms. The van der Waals surface area contributed by atoms with Gasteiger partial charge in [0, 0.05) is 0 Å². The lowest BCUT2D eigenvalue weighted by molar-refractivity contribution is -0.150. The van der Waals surface area contributed by atoms with Gasteiger partial charge < -0.3 is 5.11 Å². The number of hydrogen-bond donors (Lipinski definition) is 1. The van der Waals surface area contributed by atoms with E-state index in [0.717, 1.165) is 11.1 Å². The third-order valence-corrected chi connectivity index (χ3v) is 4.51. The van der Waals surface area contributed by atoms with E-state index in [1.165, 1.54) is 12.1 Å². The molecule has 1 rings (SSSR count). The van der Waals surface area contributed by atoms with Crippen LogP contribution in [0.25, 0.3) is 0 Å². The van der Waals surface area contributed by atoms with Crippen LogP contribution in [0.5, 0.6) is 0 Å². The first-order chi connectivity index (χ1) is 8.51. The van der Waals surface area contributed by atoms with Gasteiger partial charge in [-0.15, -0.1) is 0 Å². The van der Waals surface area contributed by atoms with E-state index >= 15 is 0 Å². The molecule has 1 unspecified atom stereocenters. The summed E-state index contributed by atoms with van der Waals surface area (Å²) in [5.41, 5.74) is 1.61. The Bertz CT molecular complexity index is 550. The summed E-state index contributed by atoms with van der Waals surface area (Å²) in [5.74, 6) is -0.936. The standard InChI is InChI=1S/C12H15F3O3S/c1-8-3-4-11(5-9(8)2)19(17,18)7-10(16)6-12(13,14)15/h3-5,10,16H,6-7H2,1-2H3. The van der Waals surface area contributed by atoms with Gasteiger partial charge >= 0.3 is 6.18 Å². The number of hydrogen-bond acceptors (Lipinski definition) is 3. The predicted molar refractivity (Wildman–Crippen MR) is 64.6 cm³/mol. The van der Waals surface area contributed by atoms with E-state index in [0.29, 0.717) is 0 Å². The van der Waals surface area contributed by atoms with Gasteiger partial charge in [-0.05, 0) is 37.1 Å². The van der Waals surface area contributed by atoms with Gasteiger partial charge in [-0.1, -0.05) is 6.07 Å². The van der Waals surface area contributed by atoms with Crippen molar-refractivity contribution in [1.29, 1.82) is 0 Å². The molecule has 0 bridgehead atoms. The summed E-state index contributed by atoms with van der Waals surface area (Å²) in [7, 11) is -3.92. The van der Waals surface area contributed by atoms with Crippen molar-refractivity contribution in [2.75, 3.05) is 5.75 Å². The first-order valence-corrected chi connectivity index (χ1v) is 7.21. The number of benzene rings is 1. The van der Waals surface area contributed by atoms with Gasteiger partial charge in [0.15, 0.2) is 9.84 Å². The van der Waals surface area contributed by atoms with Gasteiger partial charge in [0.1, 0.15) is 0 Å². The summed E-state index contributed by atoms with van der Waals surface area (Å²) in [6, 6.07) is 4.31. The van der Waals surface area contributed by atoms with Gasteiger partial charge in [0.2, 0.25) is 0 Å². The first kappa shape index (κ1) is 16.0. The fourth-order valence-electron chi connectivity index (χ4n) is 1.58. The normalized spacial score (nSPS) is 14.4. The van der Waals surface area contributed by atoms with E-state index in [9.17, 15) is 26.7 Å². The third-order valence-electron chi connectivity index (χ3n) is 2.72. The van der Waals surface area contributed by atoms with Crippen LogP contribution in [0.2, 0.25) is 0 Å². The largest absolute Gasteiger partial charge is 0.392 e. The third kappa shape index (κ3) is 4.83. The Morgan fingerprint density at radius 3 is 2.26 bits per heavy atom. The lowest BCUT2D eigenvalue weighted by Crippen LogP contribution is -2.27. The van der Waals surface area contributed by atoms with Crippen LogP contribution in [0.4, 0.5) is 13.2 Å². The molecule has 0 fully saturated rings. The highest BCUT2D eigenvalue weighted by molar-refractivity contribution is 7.91. The minimum absolute atomic E-state index is 0.0724. The molecular weight excluding hydrogens is 281 g/mol. The number of rotatable bonds is 4. The van der Waals surface area contributed by atoms with E-state index in [2.05, 4.69) is 0 Å². The molecule has 0 heterocycles. The molecule has 3 nitrogen and oxygen atoms in total. The average molecular weight is 296 g/mol. The van der Waals surface area contributed by atoms with Crippen molar-refractivity contribution in [2.24, 2.45) is 0 Å². The maximum absolute atomic E-state index is 12.0. The van der Waals surface area contributed by atoms with Crippen LogP contribution in [-0.2, 0) is 9.84 Å². The average Bonchev–Trinajstić information content (AvgIpc) is 2.17. The van der Waals surface area contributed by atoms with Crippen LogP contribution in [-0.4, -0.2) is 31.6 Å². The lowest BCUT2D eigenvalue weighted by Gasteiger charge is -2.14. The number of aliphatic hydroxyl groups is 1. The maximum Gasteiger partial charge on any atom is 0.391 e. The van der Waals surface area contributed by atoms with E-state index in [1.807, 2.05) is 0 Å². The molecule has 1 aromatic rings. The van der Waals surface area contributed by atoms with Crippen LogP contribution in [0.15, 0.2) is 23.1 Å². The molecular formula is C12H15F3O3S. The second kappa shape index (κ2) is 5.50. The number of aryl methyl sites for hydroxylation is 2. The van der Waals surface area contributed by atoms with Gasteiger partial charge in [-0.2, -0.15) is 13.2 Å². The Morgan fingerprint density at radius 1 is 1.21 bits per heavy atom. The van der Waals surface area contributed by atoms with Gasteiger partial charge in [-0.25, -0.2) is 8.42 Å². The number of aliphatic hydroxyl groups excluding tert-OH is 1. The second-order valence-corrected chi connectivity index (χ2v) is 6.53. The minimum atomic E-state index is -4.59. The van der Waals surface area contributed by atoms with Crippen LogP contribution in [0, 0.1) is 13.8 Å². The van der Waals surface area contributed by atoms with Gasteiger partial charge in [0.05, 0.1) is 23.2 Å². The second-order valence-electron chi connectivity index (χ2n) is 4.50. The Balaban J connectivity index is 2.89. The molecule has 1 aromatic carbocycles. The minimum Gasteiger partial charge on any atom is -0.392 e. The fraction of sp³-hybridized carbons (Fsp3) is 0.500. The van der Waals surface area contributed by atoms with Crippen molar-refractivity contribution < 1.29 is 26.7 Å². The Labute approximate surface area is 110 Å². The van der Waals surface area contributed by atoms with Gasteiger partial charge in [-0.3, -0.25) is 0 Å². The molecule has 19 heavy (non-hydrogen) atoms. The summed E-state index contributed by atoms with van der Waals surface area (Å²) >= 11 is 0. The molecule has 108 valence electrons. The van der Waals surface area contributed by atoms with Crippen molar-refractivity contribution in [1.82, 2.24) is 0 Å². The molecule has 0 aromatic heterocycles. The Morgan fingerprint density at radius 2 is 1.79 bits per heavy atom. The van der Waals surface area contributed by atoms with Crippen molar-refractivity contribution in [3.05, 3.63) is 29.3 Å². The van der Waals surface area contributed by atoms with Crippen LogP contribution in [0.1, 0.15) is 17.5 Å². The van der Waals surface area contributed by atoms with Crippen molar-refractivity contribution in [3.63, 3.8) is 0 Å². The molecule has 0 saturated carbocycles. The summed E-state index contributed by atoms with van der Waals surface area (Å²) in [5, 5.41) is 9.21. The summed E-state index contributed by atoms with van der Waals surface area (Å²) < 4.78 is 59.9. The molecule has 1 atom stereocenters. The van der Waals surface area contributed by atoms with Crippen molar-refractivity contribution in [3.8, 4) is 0 Å². The molecule has 0 saturated heterocycles. The van der Waals surface area contributed by atoms with Crippen molar-refractivity contribution >= 4 is 9.84 Å². The van der Waals surface area contributed by atoms with E-state index in [1.54, 1.807) is 19.9 Å². The smallest absolute Gasteiger partial charge is 0.391 e. The van der Waals surface area contributed by atoms with Crippen LogP contribution >= 0.6 is 0 Å². The van der Waals surface area contributed by atoms with Crippen molar-refractivity contribution in [2.45, 2.75) is 37.4 Å². The zero-order chi connectivity index (χ0) is 14.8. The monoisotopic (exact) mass is 296 g/mol. The predicted octanol–water partition coefficient (Wildman–Crippen LogP) is 2.39. The Hall–Kier alpha value is -1.08. The maximum atomic E-state index is 12.0. The molecule has 1 N–H and O–H groups in total. The van der Waals surface area contributed by atoms with Crippen LogP contribution in [0.3, 0.4) is 0 Å². The number of alkyl halides is 3. The summed E-state index contributed by atoms with van der Waals surface area (Å²) in [6.07, 6.45) is -8.07. The molecule has 0 aliphatic heterocycles. The molecule has 0 amide bonds. The zero-order valence-corrected chi connectivity index (χ0v) is 11.3. The van der Waals surface area contributed by atoms with Crippen LogP contribution < -0.4 is 0 Å². The Kier molecular flexibility index (Phi) is 4.63. The molecule has 0 aliphatic rings. The fourth-order valence-corrected chi connectivity index (χ4v) is 3.03. The number of sulfone groups is 1. The van der Waals surface area contributed by atoms with E-state index in [4.69, 9.17) is 0 Å². The topological polar surface area (TPSA) is 54.4 Å².